The van der Waals surface area contributed by atoms with Gasteiger partial charge in [-0.05, 0) is 51.7 Å². The maximum Gasteiger partial charge on any atom is 0.0650 e. The standard InChI is InChI=1S/C13H18ClN/c1-8(2)6-7-12-9(3)10(4)13(14)11(5)15-12/h1,6-7H2,2-5H3. The lowest BCUT2D eigenvalue weighted by Crippen LogP contribution is -2.01. The van der Waals surface area contributed by atoms with Crippen LogP contribution in [0.3, 0.4) is 0 Å². The smallest absolute Gasteiger partial charge is 0.0650 e. The van der Waals surface area contributed by atoms with Crippen molar-refractivity contribution in [3.05, 3.63) is 39.7 Å². The molecule has 0 aromatic carbocycles. The van der Waals surface area contributed by atoms with Gasteiger partial charge >= 0.3 is 0 Å². The quantitative estimate of drug-likeness (QED) is 0.701. The van der Waals surface area contributed by atoms with Crippen molar-refractivity contribution in [2.24, 2.45) is 0 Å². The maximum absolute atomic E-state index is 6.14. The molecule has 0 aliphatic carbocycles. The van der Waals surface area contributed by atoms with E-state index in [1.807, 2.05) is 13.8 Å². The molecule has 2 heteroatoms. The second-order valence-corrected chi connectivity index (χ2v) is 4.54. The van der Waals surface area contributed by atoms with Crippen LogP contribution in [-0.4, -0.2) is 4.98 Å². The number of halogens is 1. The van der Waals surface area contributed by atoms with E-state index in [1.165, 1.54) is 11.1 Å². The van der Waals surface area contributed by atoms with E-state index < -0.39 is 0 Å². The molecule has 15 heavy (non-hydrogen) atoms. The van der Waals surface area contributed by atoms with Gasteiger partial charge < -0.3 is 0 Å². The van der Waals surface area contributed by atoms with Gasteiger partial charge in [-0.1, -0.05) is 17.2 Å². The molecular weight excluding hydrogens is 206 g/mol. The monoisotopic (exact) mass is 223 g/mol. The van der Waals surface area contributed by atoms with Crippen LogP contribution in [0.1, 0.15) is 35.9 Å². The third-order valence-electron chi connectivity index (χ3n) is 2.73. The number of aromatic nitrogens is 1. The van der Waals surface area contributed by atoms with Crippen molar-refractivity contribution in [3.8, 4) is 0 Å². The number of rotatable bonds is 3. The molecule has 0 radical (unpaired) electrons. The number of aryl methyl sites for hydroxylation is 2. The third kappa shape index (κ3) is 2.82. The molecule has 1 rings (SSSR count). The van der Waals surface area contributed by atoms with E-state index in [4.69, 9.17) is 11.6 Å². The van der Waals surface area contributed by atoms with Crippen molar-refractivity contribution in [3.63, 3.8) is 0 Å². The second kappa shape index (κ2) is 4.80. The predicted octanol–water partition coefficient (Wildman–Crippen LogP) is 4.17. The number of nitrogens with zero attached hydrogens (tertiary/aromatic N) is 1. The first-order valence-electron chi connectivity index (χ1n) is 5.20. The van der Waals surface area contributed by atoms with E-state index >= 15 is 0 Å². The van der Waals surface area contributed by atoms with Crippen LogP contribution < -0.4 is 0 Å². The van der Waals surface area contributed by atoms with Gasteiger partial charge in [0.15, 0.2) is 0 Å². The third-order valence-corrected chi connectivity index (χ3v) is 3.29. The van der Waals surface area contributed by atoms with E-state index in [1.54, 1.807) is 0 Å². The Labute approximate surface area is 97.2 Å². The largest absolute Gasteiger partial charge is 0.256 e. The Morgan fingerprint density at radius 1 is 1.27 bits per heavy atom. The van der Waals surface area contributed by atoms with Gasteiger partial charge in [0.2, 0.25) is 0 Å². The molecule has 0 saturated carbocycles. The average Bonchev–Trinajstić information content (AvgIpc) is 2.18. The van der Waals surface area contributed by atoms with Gasteiger partial charge in [-0.3, -0.25) is 4.98 Å². The van der Waals surface area contributed by atoms with Crippen LogP contribution in [0.15, 0.2) is 12.2 Å². The summed E-state index contributed by atoms with van der Waals surface area (Å²) < 4.78 is 0. The molecule has 82 valence electrons. The lowest BCUT2D eigenvalue weighted by Gasteiger charge is -2.11. The summed E-state index contributed by atoms with van der Waals surface area (Å²) in [6.45, 7) is 12.0. The molecule has 0 aliphatic heterocycles. The lowest BCUT2D eigenvalue weighted by molar-refractivity contribution is 0.876. The summed E-state index contributed by atoms with van der Waals surface area (Å²) in [5.41, 5.74) is 5.64. The SMILES string of the molecule is C=C(C)CCc1nc(C)c(Cl)c(C)c1C. The average molecular weight is 224 g/mol. The highest BCUT2D eigenvalue weighted by Gasteiger charge is 2.09. The van der Waals surface area contributed by atoms with Crippen LogP contribution >= 0.6 is 11.6 Å². The second-order valence-electron chi connectivity index (χ2n) is 4.16. The zero-order valence-electron chi connectivity index (χ0n) is 9.95. The minimum Gasteiger partial charge on any atom is -0.256 e. The zero-order valence-corrected chi connectivity index (χ0v) is 10.7. The van der Waals surface area contributed by atoms with Crippen LogP contribution in [0, 0.1) is 20.8 Å². The lowest BCUT2D eigenvalue weighted by atomic mass is 10.0. The molecule has 0 N–H and O–H groups in total. The van der Waals surface area contributed by atoms with E-state index in [-0.39, 0.29) is 0 Å². The van der Waals surface area contributed by atoms with E-state index in [9.17, 15) is 0 Å². The van der Waals surface area contributed by atoms with E-state index in [0.717, 1.165) is 34.8 Å². The summed E-state index contributed by atoms with van der Waals surface area (Å²) in [5.74, 6) is 0. The molecule has 1 nitrogen and oxygen atoms in total. The van der Waals surface area contributed by atoms with Gasteiger partial charge in [-0.2, -0.15) is 0 Å². The van der Waals surface area contributed by atoms with Crippen molar-refractivity contribution in [1.82, 2.24) is 4.98 Å². The molecule has 0 saturated heterocycles. The zero-order chi connectivity index (χ0) is 11.6. The molecule has 0 unspecified atom stereocenters. The highest BCUT2D eigenvalue weighted by atomic mass is 35.5. The van der Waals surface area contributed by atoms with Crippen LogP contribution in [0.2, 0.25) is 5.02 Å². The fraction of sp³-hybridized carbons (Fsp3) is 0.462. The number of pyridine rings is 1. The molecule has 0 fully saturated rings. The normalized spacial score (nSPS) is 10.5. The summed E-state index contributed by atoms with van der Waals surface area (Å²) in [6, 6.07) is 0. The summed E-state index contributed by atoms with van der Waals surface area (Å²) in [5, 5.41) is 0.798. The Kier molecular flexibility index (Phi) is 3.92. The Morgan fingerprint density at radius 2 is 1.87 bits per heavy atom. The Bertz CT molecular complexity index is 394. The van der Waals surface area contributed by atoms with Crippen LogP contribution in [0.4, 0.5) is 0 Å². The molecule has 1 aromatic heterocycles. The number of hydrogen-bond acceptors (Lipinski definition) is 1. The van der Waals surface area contributed by atoms with E-state index in [0.29, 0.717) is 0 Å². The van der Waals surface area contributed by atoms with Crippen LogP contribution in [0.25, 0.3) is 0 Å². The summed E-state index contributed by atoms with van der Waals surface area (Å²) in [4.78, 5) is 4.53. The van der Waals surface area contributed by atoms with Crippen LogP contribution in [-0.2, 0) is 6.42 Å². The molecular formula is C13H18ClN. The minimum absolute atomic E-state index is 0.798. The van der Waals surface area contributed by atoms with Crippen molar-refractivity contribution < 1.29 is 0 Å². The molecule has 1 heterocycles. The molecule has 0 aliphatic rings. The first-order valence-corrected chi connectivity index (χ1v) is 5.57. The summed E-state index contributed by atoms with van der Waals surface area (Å²) in [6.07, 6.45) is 1.95. The van der Waals surface area contributed by atoms with Crippen molar-refractivity contribution in [1.29, 1.82) is 0 Å². The van der Waals surface area contributed by atoms with E-state index in [2.05, 4.69) is 25.4 Å². The van der Waals surface area contributed by atoms with Crippen molar-refractivity contribution >= 4 is 11.6 Å². The number of allylic oxidation sites excluding steroid dienone is 1. The first kappa shape index (κ1) is 12.3. The van der Waals surface area contributed by atoms with Gasteiger partial charge in [-0.15, -0.1) is 6.58 Å². The van der Waals surface area contributed by atoms with Gasteiger partial charge in [0.25, 0.3) is 0 Å². The highest BCUT2D eigenvalue weighted by molar-refractivity contribution is 6.32. The maximum atomic E-state index is 6.14. The predicted molar refractivity (Wildman–Crippen MR) is 66.6 cm³/mol. The molecule has 1 aromatic rings. The van der Waals surface area contributed by atoms with Gasteiger partial charge in [-0.25, -0.2) is 0 Å². The molecule has 0 spiro atoms. The van der Waals surface area contributed by atoms with Gasteiger partial charge in [0.1, 0.15) is 0 Å². The Balaban J connectivity index is 3.04. The summed E-state index contributed by atoms with van der Waals surface area (Å²) >= 11 is 6.14. The van der Waals surface area contributed by atoms with Crippen LogP contribution in [0.5, 0.6) is 0 Å². The van der Waals surface area contributed by atoms with Gasteiger partial charge in [0, 0.05) is 5.69 Å². The Hall–Kier alpha value is -0.820. The Morgan fingerprint density at radius 3 is 2.40 bits per heavy atom. The fourth-order valence-electron chi connectivity index (χ4n) is 1.56. The molecule has 0 bridgehead atoms. The van der Waals surface area contributed by atoms with Crippen molar-refractivity contribution in [2.75, 3.05) is 0 Å². The topological polar surface area (TPSA) is 12.9 Å². The first-order chi connectivity index (χ1) is 6.93. The van der Waals surface area contributed by atoms with Crippen molar-refractivity contribution in [2.45, 2.75) is 40.5 Å². The molecule has 0 atom stereocenters. The summed E-state index contributed by atoms with van der Waals surface area (Å²) in [7, 11) is 0. The van der Waals surface area contributed by atoms with Gasteiger partial charge in [0.05, 0.1) is 10.7 Å². The minimum atomic E-state index is 0.798. The fourth-order valence-corrected chi connectivity index (χ4v) is 1.75. The number of hydrogen-bond donors (Lipinski definition) is 0. The highest BCUT2D eigenvalue weighted by Crippen LogP contribution is 2.24. The molecule has 0 amide bonds.